The molecule has 3 rings (SSSR count). The van der Waals surface area contributed by atoms with Gasteiger partial charge < -0.3 is 10.6 Å². The summed E-state index contributed by atoms with van der Waals surface area (Å²) in [6.07, 6.45) is 4.31. The maximum atomic E-state index is 12.6. The summed E-state index contributed by atoms with van der Waals surface area (Å²) >= 11 is 0. The molecular weight excluding hydrogens is 418 g/mol. The number of nitrogens with one attached hydrogen (secondary N) is 3. The van der Waals surface area contributed by atoms with E-state index in [4.69, 9.17) is 5.48 Å². The van der Waals surface area contributed by atoms with Gasteiger partial charge in [-0.25, -0.2) is 22.9 Å². The first kappa shape index (κ1) is 17.6. The Balaban J connectivity index is 1.69. The number of hydrogen-bond acceptors (Lipinski definition) is 6. The largest absolute Gasteiger partial charge is 0.350 e. The number of carbonyl (C=O) groups excluding carboxylic acids is 2. The molecule has 1 saturated carbocycles. The number of amides is 3. The van der Waals surface area contributed by atoms with Crippen LogP contribution in [0.4, 0.5) is 4.79 Å². The van der Waals surface area contributed by atoms with E-state index in [9.17, 15) is 18.0 Å². The molecule has 1 aromatic carbocycles. The minimum absolute atomic E-state index is 0.0862. The van der Waals surface area contributed by atoms with Gasteiger partial charge in [-0.2, -0.15) is 0 Å². The first-order valence-corrected chi connectivity index (χ1v) is 11.4. The molecule has 0 saturated heterocycles. The summed E-state index contributed by atoms with van der Waals surface area (Å²) in [5.74, 6) is -0.959. The molecule has 3 amide bonds. The van der Waals surface area contributed by atoms with Crippen molar-refractivity contribution in [1.82, 2.24) is 25.3 Å². The molecule has 0 bridgehead atoms. The Morgan fingerprint density at radius 1 is 1.10 bits per heavy atom. The maximum absolute atomic E-state index is 12.6. The van der Waals surface area contributed by atoms with Crippen LogP contribution in [0.1, 0.15) is 59.3 Å². The highest BCUT2D eigenvalue weighted by Crippen LogP contribution is 2.17. The quantitative estimate of drug-likeness (QED) is 0.593. The van der Waals surface area contributed by atoms with Crippen LogP contribution in [0.25, 0.3) is 0 Å². The van der Waals surface area contributed by atoms with Gasteiger partial charge >= 0.3 is 6.03 Å². The van der Waals surface area contributed by atoms with E-state index >= 15 is 0 Å². The van der Waals surface area contributed by atoms with Crippen LogP contribution in [0.15, 0.2) is 41.6 Å². The van der Waals surface area contributed by atoms with Crippen LogP contribution in [0.2, 0.25) is 0 Å². The highest BCUT2D eigenvalue weighted by molar-refractivity contribution is 7.90. The Morgan fingerprint density at radius 2 is 1.81 bits per heavy atom. The first-order chi connectivity index (χ1) is 16.3. The number of benzene rings is 1. The molecule has 10 heteroatoms. The number of urea groups is 1. The summed E-state index contributed by atoms with van der Waals surface area (Å²) < 4.78 is 59.8. The number of sulfonamides is 1. The van der Waals surface area contributed by atoms with Crippen LogP contribution in [-0.4, -0.2) is 42.9 Å². The standard InChI is InChI=1S/C21H27N5O4S/c1-15-13-24-19(14-23-15)20(27)22-12-11-16-7-9-18(10-8-16)31(29,30)26-21(28)25-17-5-3-2-4-6-17/h7-10,13-14,17H,2-6,11-12H2,1H3,(H,22,27)(H2,25,26,28)/i11D2,12D2. The van der Waals surface area contributed by atoms with Gasteiger partial charge in [0.2, 0.25) is 0 Å². The highest BCUT2D eigenvalue weighted by Gasteiger charge is 2.21. The first-order valence-electron chi connectivity index (χ1n) is 11.9. The molecule has 9 nitrogen and oxygen atoms in total. The number of rotatable bonds is 7. The predicted molar refractivity (Wildman–Crippen MR) is 115 cm³/mol. The molecule has 1 fully saturated rings. The fraction of sp³-hybridized carbons (Fsp3) is 0.429. The number of aryl methyl sites for hydroxylation is 2. The minimum Gasteiger partial charge on any atom is -0.350 e. The van der Waals surface area contributed by atoms with Crippen molar-refractivity contribution in [2.75, 3.05) is 6.50 Å². The molecule has 1 aliphatic rings. The SMILES string of the molecule is [2H]C([2H])(NC(=O)c1cnc(C)cn1)C([2H])([2H])c1ccc(S(=O)(=O)NC(=O)NC2CCCCC2)cc1. The predicted octanol–water partition coefficient (Wildman–Crippen LogP) is 2.08. The van der Waals surface area contributed by atoms with E-state index in [1.165, 1.54) is 6.20 Å². The van der Waals surface area contributed by atoms with Crippen molar-refractivity contribution in [3.05, 3.63) is 53.6 Å². The third-order valence-corrected chi connectivity index (χ3v) is 6.08. The summed E-state index contributed by atoms with van der Waals surface area (Å²) in [6.45, 7) is -1.22. The van der Waals surface area contributed by atoms with E-state index in [1.807, 2.05) is 10.0 Å². The Bertz CT molecular complexity index is 1170. The zero-order valence-electron chi connectivity index (χ0n) is 21.0. The molecular formula is C21H27N5O4S. The van der Waals surface area contributed by atoms with Crippen molar-refractivity contribution in [3.63, 3.8) is 0 Å². The molecule has 0 unspecified atom stereocenters. The Labute approximate surface area is 187 Å². The molecule has 3 N–H and O–H groups in total. The number of nitrogens with zero attached hydrogens (tertiary/aromatic N) is 2. The van der Waals surface area contributed by atoms with Gasteiger partial charge in [-0.3, -0.25) is 9.78 Å². The van der Waals surface area contributed by atoms with Crippen molar-refractivity contribution in [3.8, 4) is 0 Å². The third-order valence-electron chi connectivity index (χ3n) is 4.73. The second-order valence-electron chi connectivity index (χ2n) is 7.19. The summed E-state index contributed by atoms with van der Waals surface area (Å²) in [6, 6.07) is 3.37. The van der Waals surface area contributed by atoms with Crippen LogP contribution < -0.4 is 15.4 Å². The zero-order chi connectivity index (χ0) is 25.9. The fourth-order valence-electron chi connectivity index (χ4n) is 3.09. The molecule has 0 spiro atoms. The lowest BCUT2D eigenvalue weighted by atomic mass is 9.96. The van der Waals surface area contributed by atoms with Gasteiger partial charge in [-0.05, 0) is 43.8 Å². The topological polar surface area (TPSA) is 130 Å². The molecule has 0 radical (unpaired) electrons. The van der Waals surface area contributed by atoms with E-state index in [1.54, 1.807) is 6.92 Å². The van der Waals surface area contributed by atoms with Crippen molar-refractivity contribution in [1.29, 1.82) is 0 Å². The number of carbonyl (C=O) groups is 2. The van der Waals surface area contributed by atoms with Crippen LogP contribution in [0.5, 0.6) is 0 Å². The highest BCUT2D eigenvalue weighted by atomic mass is 32.2. The molecule has 0 aliphatic heterocycles. The summed E-state index contributed by atoms with van der Waals surface area (Å²) in [7, 11) is -4.23. The minimum atomic E-state index is -4.23. The maximum Gasteiger partial charge on any atom is 0.328 e. The number of hydrogen-bond donors (Lipinski definition) is 3. The van der Waals surface area contributed by atoms with E-state index in [-0.39, 0.29) is 22.2 Å². The zero-order valence-corrected chi connectivity index (χ0v) is 17.8. The molecule has 31 heavy (non-hydrogen) atoms. The Hall–Kier alpha value is -3.01. The van der Waals surface area contributed by atoms with Crippen LogP contribution in [0.3, 0.4) is 0 Å². The lowest BCUT2D eigenvalue weighted by molar-refractivity contribution is 0.0948. The van der Waals surface area contributed by atoms with Gasteiger partial charge in [0.1, 0.15) is 5.69 Å². The van der Waals surface area contributed by atoms with Crippen LogP contribution in [-0.2, 0) is 16.4 Å². The monoisotopic (exact) mass is 449 g/mol. The van der Waals surface area contributed by atoms with Crippen molar-refractivity contribution in [2.24, 2.45) is 0 Å². The summed E-state index contributed by atoms with van der Waals surface area (Å²) in [4.78, 5) is 31.9. The van der Waals surface area contributed by atoms with Gasteiger partial charge in [0.15, 0.2) is 0 Å². The van der Waals surface area contributed by atoms with Gasteiger partial charge in [-0.15, -0.1) is 0 Å². The van der Waals surface area contributed by atoms with Crippen LogP contribution >= 0.6 is 0 Å². The van der Waals surface area contributed by atoms with Crippen molar-refractivity contribution >= 4 is 22.0 Å². The van der Waals surface area contributed by atoms with Crippen LogP contribution in [0, 0.1) is 6.92 Å². The van der Waals surface area contributed by atoms with E-state index in [0.717, 1.165) is 62.6 Å². The van der Waals surface area contributed by atoms with Gasteiger partial charge in [0.25, 0.3) is 15.9 Å². The Kier molecular flexibility index (Phi) is 5.89. The third kappa shape index (κ3) is 6.74. The van der Waals surface area contributed by atoms with Gasteiger partial charge in [-0.1, -0.05) is 31.4 Å². The van der Waals surface area contributed by atoms with E-state index < -0.39 is 34.8 Å². The fourth-order valence-corrected chi connectivity index (χ4v) is 4.01. The normalized spacial score (nSPS) is 17.5. The van der Waals surface area contributed by atoms with Crippen molar-refractivity contribution in [2.45, 2.75) is 56.3 Å². The van der Waals surface area contributed by atoms with Gasteiger partial charge in [0, 0.05) is 24.2 Å². The lowest BCUT2D eigenvalue weighted by Crippen LogP contribution is -2.45. The smallest absolute Gasteiger partial charge is 0.328 e. The average Bonchev–Trinajstić information content (AvgIpc) is 2.79. The second-order valence-corrected chi connectivity index (χ2v) is 8.87. The number of aromatic nitrogens is 2. The van der Waals surface area contributed by atoms with Crippen molar-refractivity contribution < 1.29 is 23.5 Å². The Morgan fingerprint density at radius 3 is 2.45 bits per heavy atom. The average molecular weight is 450 g/mol. The second kappa shape index (κ2) is 10.3. The molecule has 0 atom stereocenters. The molecule has 1 aliphatic carbocycles. The summed E-state index contributed by atoms with van der Waals surface area (Å²) in [5, 5.41) is 4.62. The lowest BCUT2D eigenvalue weighted by Gasteiger charge is -2.22. The molecule has 1 aromatic heterocycles. The van der Waals surface area contributed by atoms with Gasteiger partial charge in [0.05, 0.1) is 16.8 Å². The molecule has 166 valence electrons. The van der Waals surface area contributed by atoms with E-state index in [2.05, 4.69) is 15.3 Å². The van der Waals surface area contributed by atoms with E-state index in [0.29, 0.717) is 5.69 Å². The summed E-state index contributed by atoms with van der Waals surface area (Å²) in [5.41, 5.74) is 0.147. The molecule has 1 heterocycles. The molecule has 2 aromatic rings.